The third-order valence-corrected chi connectivity index (χ3v) is 4.77. The number of rotatable bonds is 6. The normalized spacial score (nSPS) is 14.1. The number of hydrogen-bond acceptors (Lipinski definition) is 3. The van der Waals surface area contributed by atoms with Crippen molar-refractivity contribution in [1.82, 2.24) is 0 Å². The maximum absolute atomic E-state index is 12.6. The Morgan fingerprint density at radius 1 is 1.30 bits per heavy atom. The zero-order chi connectivity index (χ0) is 15.4. The molecule has 1 rings (SSSR count). The molecule has 0 radical (unpaired) electrons. The maximum Gasteiger partial charge on any atom is 0.501 e. The second-order valence-corrected chi connectivity index (χ2v) is 6.69. The van der Waals surface area contributed by atoms with Crippen molar-refractivity contribution in [2.24, 2.45) is 0 Å². The van der Waals surface area contributed by atoms with E-state index in [1.165, 1.54) is 18.2 Å². The minimum absolute atomic E-state index is 0.0650. The van der Waals surface area contributed by atoms with Crippen LogP contribution in [-0.2, 0) is 9.84 Å². The van der Waals surface area contributed by atoms with Crippen molar-refractivity contribution < 1.29 is 21.6 Å². The molecular weight excluding hydrogens is 315 g/mol. The van der Waals surface area contributed by atoms with Gasteiger partial charge in [0.15, 0.2) is 0 Å². The van der Waals surface area contributed by atoms with E-state index in [1.54, 1.807) is 0 Å². The van der Waals surface area contributed by atoms with Gasteiger partial charge in [-0.3, -0.25) is 0 Å². The minimum Gasteiger partial charge on any atom is -0.384 e. The van der Waals surface area contributed by atoms with Gasteiger partial charge in [0, 0.05) is 11.9 Å². The van der Waals surface area contributed by atoms with Gasteiger partial charge >= 0.3 is 5.51 Å². The SMILES string of the molecule is CCC(Cl)CCNc1ccccc1S(=O)(=O)C(F)(F)F. The van der Waals surface area contributed by atoms with E-state index in [0.29, 0.717) is 13.0 Å². The van der Waals surface area contributed by atoms with Gasteiger partial charge in [-0.05, 0) is 25.0 Å². The van der Waals surface area contributed by atoms with Gasteiger partial charge in [-0.25, -0.2) is 8.42 Å². The lowest BCUT2D eigenvalue weighted by atomic mass is 10.2. The van der Waals surface area contributed by atoms with Gasteiger partial charge in [-0.15, -0.1) is 11.6 Å². The van der Waals surface area contributed by atoms with E-state index in [0.717, 1.165) is 12.5 Å². The molecule has 1 unspecified atom stereocenters. The van der Waals surface area contributed by atoms with Crippen molar-refractivity contribution in [3.63, 3.8) is 0 Å². The smallest absolute Gasteiger partial charge is 0.384 e. The largest absolute Gasteiger partial charge is 0.501 e. The highest BCUT2D eigenvalue weighted by molar-refractivity contribution is 7.92. The van der Waals surface area contributed by atoms with Gasteiger partial charge in [-0.2, -0.15) is 13.2 Å². The molecule has 1 aromatic carbocycles. The van der Waals surface area contributed by atoms with E-state index in [9.17, 15) is 21.6 Å². The molecular formula is C12H15ClF3NO2S. The van der Waals surface area contributed by atoms with Crippen LogP contribution in [0.25, 0.3) is 0 Å². The van der Waals surface area contributed by atoms with Crippen LogP contribution in [0.2, 0.25) is 0 Å². The van der Waals surface area contributed by atoms with Crippen molar-refractivity contribution in [1.29, 1.82) is 0 Å². The van der Waals surface area contributed by atoms with Gasteiger partial charge in [0.25, 0.3) is 9.84 Å². The average Bonchev–Trinajstić information content (AvgIpc) is 2.37. The molecule has 0 aliphatic heterocycles. The van der Waals surface area contributed by atoms with Crippen LogP contribution in [0.5, 0.6) is 0 Å². The van der Waals surface area contributed by atoms with Crippen LogP contribution in [-0.4, -0.2) is 25.8 Å². The summed E-state index contributed by atoms with van der Waals surface area (Å²) in [5.41, 5.74) is -5.38. The van der Waals surface area contributed by atoms with Crippen molar-refractivity contribution in [3.8, 4) is 0 Å². The van der Waals surface area contributed by atoms with Crippen molar-refractivity contribution >= 4 is 27.1 Å². The quantitative estimate of drug-likeness (QED) is 0.807. The molecule has 0 saturated carbocycles. The van der Waals surface area contributed by atoms with Crippen LogP contribution >= 0.6 is 11.6 Å². The number of alkyl halides is 4. The Balaban J connectivity index is 2.95. The van der Waals surface area contributed by atoms with E-state index in [1.807, 2.05) is 6.92 Å². The van der Waals surface area contributed by atoms with Crippen molar-refractivity contribution in [2.45, 2.75) is 35.5 Å². The summed E-state index contributed by atoms with van der Waals surface area (Å²) < 4.78 is 60.6. The molecule has 1 N–H and O–H groups in total. The molecule has 1 aromatic rings. The first-order chi connectivity index (χ1) is 9.20. The molecule has 0 bridgehead atoms. The second-order valence-electron chi connectivity index (χ2n) is 4.17. The van der Waals surface area contributed by atoms with Crippen LogP contribution in [0.4, 0.5) is 18.9 Å². The van der Waals surface area contributed by atoms with Gasteiger partial charge in [0.05, 0.1) is 10.6 Å². The molecule has 3 nitrogen and oxygen atoms in total. The lowest BCUT2D eigenvalue weighted by Crippen LogP contribution is -2.24. The number of benzene rings is 1. The van der Waals surface area contributed by atoms with Crippen LogP contribution in [0, 0.1) is 0 Å². The summed E-state index contributed by atoms with van der Waals surface area (Å²) in [4.78, 5) is -0.768. The molecule has 0 saturated heterocycles. The maximum atomic E-state index is 12.6. The summed E-state index contributed by atoms with van der Waals surface area (Å²) in [5, 5.41) is 2.59. The van der Waals surface area contributed by atoms with E-state index < -0.39 is 20.2 Å². The first kappa shape index (κ1) is 17.1. The molecule has 0 aromatic heterocycles. The Morgan fingerprint density at radius 3 is 2.45 bits per heavy atom. The highest BCUT2D eigenvalue weighted by atomic mass is 35.5. The zero-order valence-electron chi connectivity index (χ0n) is 10.7. The minimum atomic E-state index is -5.36. The van der Waals surface area contributed by atoms with Crippen LogP contribution in [0.15, 0.2) is 29.2 Å². The Bertz CT molecular complexity index is 546. The van der Waals surface area contributed by atoms with E-state index in [4.69, 9.17) is 11.6 Å². The third-order valence-electron chi connectivity index (χ3n) is 2.70. The lowest BCUT2D eigenvalue weighted by molar-refractivity contribution is -0.0435. The highest BCUT2D eigenvalue weighted by Gasteiger charge is 2.47. The van der Waals surface area contributed by atoms with Gasteiger partial charge in [0.2, 0.25) is 0 Å². The summed E-state index contributed by atoms with van der Waals surface area (Å²) in [6.45, 7) is 2.19. The average molecular weight is 330 g/mol. The number of hydrogen-bond donors (Lipinski definition) is 1. The fraction of sp³-hybridized carbons (Fsp3) is 0.500. The van der Waals surface area contributed by atoms with Crippen molar-refractivity contribution in [2.75, 3.05) is 11.9 Å². The first-order valence-electron chi connectivity index (χ1n) is 5.98. The summed E-state index contributed by atoms with van der Waals surface area (Å²) in [6.07, 6.45) is 1.25. The molecule has 0 fully saturated rings. The predicted molar refractivity (Wildman–Crippen MR) is 72.7 cm³/mol. The summed E-state index contributed by atoms with van der Waals surface area (Å²) in [7, 11) is -5.36. The third kappa shape index (κ3) is 4.02. The van der Waals surface area contributed by atoms with E-state index >= 15 is 0 Å². The topological polar surface area (TPSA) is 46.2 Å². The molecule has 0 heterocycles. The Labute approximate surface area is 121 Å². The Kier molecular flexibility index (Phi) is 5.70. The second kappa shape index (κ2) is 6.67. The molecule has 20 heavy (non-hydrogen) atoms. The van der Waals surface area contributed by atoms with Gasteiger partial charge in [0.1, 0.15) is 0 Å². The number of nitrogens with one attached hydrogen (secondary N) is 1. The summed E-state index contributed by atoms with van der Waals surface area (Å²) >= 11 is 5.90. The van der Waals surface area contributed by atoms with Crippen LogP contribution < -0.4 is 5.32 Å². The number of anilines is 1. The molecule has 0 spiro atoms. The fourth-order valence-electron chi connectivity index (χ4n) is 1.54. The first-order valence-corrected chi connectivity index (χ1v) is 7.90. The predicted octanol–water partition coefficient (Wildman–Crippen LogP) is 3.80. The molecule has 0 aliphatic rings. The molecule has 114 valence electrons. The molecule has 1 atom stereocenters. The standard InChI is InChI=1S/C12H15ClF3NO2S/c1-2-9(13)7-8-17-10-5-3-4-6-11(10)20(18,19)12(14,15)16/h3-6,9,17H,2,7-8H2,1H3. The Morgan fingerprint density at radius 2 is 1.90 bits per heavy atom. The molecule has 0 amide bonds. The van der Waals surface area contributed by atoms with Gasteiger partial charge < -0.3 is 5.32 Å². The monoisotopic (exact) mass is 329 g/mol. The summed E-state index contributed by atoms with van der Waals surface area (Å²) in [5.74, 6) is 0. The van der Waals surface area contributed by atoms with Crippen LogP contribution in [0.3, 0.4) is 0 Å². The van der Waals surface area contributed by atoms with Gasteiger partial charge in [-0.1, -0.05) is 19.1 Å². The molecule has 8 heteroatoms. The molecule has 0 aliphatic carbocycles. The number of sulfone groups is 1. The van der Waals surface area contributed by atoms with E-state index in [-0.39, 0.29) is 11.1 Å². The zero-order valence-corrected chi connectivity index (χ0v) is 12.3. The fourth-order valence-corrected chi connectivity index (χ4v) is 2.59. The number of halogens is 4. The van der Waals surface area contributed by atoms with Crippen molar-refractivity contribution in [3.05, 3.63) is 24.3 Å². The van der Waals surface area contributed by atoms with Crippen LogP contribution in [0.1, 0.15) is 19.8 Å². The van der Waals surface area contributed by atoms with E-state index in [2.05, 4.69) is 5.32 Å². The summed E-state index contributed by atoms with van der Waals surface area (Å²) in [6, 6.07) is 4.95. The lowest BCUT2D eigenvalue weighted by Gasteiger charge is -2.14. The highest BCUT2D eigenvalue weighted by Crippen LogP contribution is 2.34. The Hall–Kier alpha value is -0.950. The number of para-hydroxylation sites is 1.